The van der Waals surface area contributed by atoms with E-state index in [2.05, 4.69) is 16.0 Å². The highest BCUT2D eigenvalue weighted by Crippen LogP contribution is 2.29. The number of amides is 2. The van der Waals surface area contributed by atoms with E-state index in [-0.39, 0.29) is 18.4 Å². The molecule has 0 saturated carbocycles. The number of carbonyl (C=O) groups excluding carboxylic acids is 2. The van der Waals surface area contributed by atoms with E-state index in [0.717, 1.165) is 5.69 Å². The van der Waals surface area contributed by atoms with Crippen LogP contribution in [0.15, 0.2) is 78.9 Å². The lowest BCUT2D eigenvalue weighted by Crippen LogP contribution is -2.22. The fourth-order valence-corrected chi connectivity index (χ4v) is 2.56. The van der Waals surface area contributed by atoms with Crippen molar-refractivity contribution in [1.29, 1.82) is 0 Å². The third kappa shape index (κ3) is 5.60. The third-order valence-corrected chi connectivity index (χ3v) is 3.77. The molecule has 0 radical (unpaired) electrons. The molecular formula is C22H21N3O3. The maximum atomic E-state index is 12.4. The van der Waals surface area contributed by atoms with Crippen LogP contribution in [0.3, 0.4) is 0 Å². The molecule has 6 heteroatoms. The molecule has 0 aromatic heterocycles. The van der Waals surface area contributed by atoms with Crippen molar-refractivity contribution in [3.8, 4) is 11.5 Å². The fraction of sp³-hybridized carbons (Fsp3) is 0.0909. The van der Waals surface area contributed by atoms with Crippen LogP contribution < -0.4 is 20.7 Å². The van der Waals surface area contributed by atoms with Crippen molar-refractivity contribution in [1.82, 2.24) is 0 Å². The van der Waals surface area contributed by atoms with Crippen molar-refractivity contribution >= 4 is 28.9 Å². The topological polar surface area (TPSA) is 79.5 Å². The molecule has 142 valence electrons. The van der Waals surface area contributed by atoms with Gasteiger partial charge in [0.25, 0.3) is 0 Å². The highest BCUT2D eigenvalue weighted by molar-refractivity contribution is 5.95. The van der Waals surface area contributed by atoms with Gasteiger partial charge in [0.2, 0.25) is 11.8 Å². The van der Waals surface area contributed by atoms with Gasteiger partial charge in [-0.2, -0.15) is 0 Å². The molecule has 0 heterocycles. The summed E-state index contributed by atoms with van der Waals surface area (Å²) in [5, 5.41) is 8.60. The first-order valence-corrected chi connectivity index (χ1v) is 8.83. The van der Waals surface area contributed by atoms with Gasteiger partial charge >= 0.3 is 0 Å². The third-order valence-electron chi connectivity index (χ3n) is 3.77. The molecule has 3 rings (SSSR count). The van der Waals surface area contributed by atoms with Gasteiger partial charge in [-0.25, -0.2) is 0 Å². The van der Waals surface area contributed by atoms with Gasteiger partial charge in [0.15, 0.2) is 5.75 Å². The number of ether oxygens (including phenoxy) is 1. The normalized spacial score (nSPS) is 10.0. The lowest BCUT2D eigenvalue weighted by molar-refractivity contribution is -0.115. The maximum absolute atomic E-state index is 12.4. The molecule has 0 bridgehead atoms. The highest BCUT2D eigenvalue weighted by Gasteiger charge is 2.08. The summed E-state index contributed by atoms with van der Waals surface area (Å²) in [5.74, 6) is 0.894. The van der Waals surface area contributed by atoms with Gasteiger partial charge in [0, 0.05) is 18.3 Å². The molecule has 2 amide bonds. The molecule has 28 heavy (non-hydrogen) atoms. The second-order valence-corrected chi connectivity index (χ2v) is 6.07. The smallest absolute Gasteiger partial charge is 0.243 e. The molecule has 0 aliphatic heterocycles. The summed E-state index contributed by atoms with van der Waals surface area (Å²) in [6.07, 6.45) is 0. The summed E-state index contributed by atoms with van der Waals surface area (Å²) in [4.78, 5) is 23.5. The summed E-state index contributed by atoms with van der Waals surface area (Å²) in [6.45, 7) is 1.52. The maximum Gasteiger partial charge on any atom is 0.243 e. The van der Waals surface area contributed by atoms with Gasteiger partial charge in [-0.1, -0.05) is 36.4 Å². The Balaban J connectivity index is 1.60. The van der Waals surface area contributed by atoms with Gasteiger partial charge in [0.05, 0.1) is 12.2 Å². The Kier molecular flexibility index (Phi) is 6.25. The largest absolute Gasteiger partial charge is 0.455 e. The highest BCUT2D eigenvalue weighted by atomic mass is 16.5. The molecule has 0 aliphatic carbocycles. The first-order chi connectivity index (χ1) is 13.6. The number of carbonyl (C=O) groups is 2. The Bertz CT molecular complexity index is 958. The van der Waals surface area contributed by atoms with E-state index in [1.807, 2.05) is 48.5 Å². The van der Waals surface area contributed by atoms with Crippen LogP contribution in [0.5, 0.6) is 11.5 Å². The van der Waals surface area contributed by atoms with Gasteiger partial charge in [-0.3, -0.25) is 9.59 Å². The van der Waals surface area contributed by atoms with Crippen molar-refractivity contribution < 1.29 is 14.3 Å². The van der Waals surface area contributed by atoms with E-state index in [1.165, 1.54) is 6.92 Å². The Morgan fingerprint density at radius 3 is 2.32 bits per heavy atom. The zero-order valence-electron chi connectivity index (χ0n) is 15.4. The molecule has 3 aromatic rings. The van der Waals surface area contributed by atoms with E-state index in [9.17, 15) is 9.59 Å². The SMILES string of the molecule is CC(=O)Nc1cccc(NCC(=O)Nc2ccccc2Oc2ccccc2)c1. The van der Waals surface area contributed by atoms with Crippen molar-refractivity contribution in [3.63, 3.8) is 0 Å². The minimum absolute atomic E-state index is 0.0726. The predicted octanol–water partition coefficient (Wildman–Crippen LogP) is 4.49. The number of nitrogens with one attached hydrogen (secondary N) is 3. The summed E-state index contributed by atoms with van der Waals surface area (Å²) >= 11 is 0. The van der Waals surface area contributed by atoms with Crippen molar-refractivity contribution in [2.45, 2.75) is 6.92 Å². The molecule has 0 atom stereocenters. The van der Waals surface area contributed by atoms with Crippen LogP contribution in [0, 0.1) is 0 Å². The lowest BCUT2D eigenvalue weighted by Gasteiger charge is -2.13. The lowest BCUT2D eigenvalue weighted by atomic mass is 10.2. The average Bonchev–Trinajstić information content (AvgIpc) is 2.69. The fourth-order valence-electron chi connectivity index (χ4n) is 2.56. The minimum Gasteiger partial charge on any atom is -0.455 e. The van der Waals surface area contributed by atoms with Gasteiger partial charge < -0.3 is 20.7 Å². The number of benzene rings is 3. The first kappa shape index (κ1) is 19.0. The zero-order chi connectivity index (χ0) is 19.8. The molecule has 3 N–H and O–H groups in total. The Labute approximate surface area is 163 Å². The number of anilines is 3. The minimum atomic E-state index is -0.214. The Morgan fingerprint density at radius 2 is 1.54 bits per heavy atom. The molecule has 0 unspecified atom stereocenters. The van der Waals surface area contributed by atoms with E-state index in [4.69, 9.17) is 4.74 Å². The molecule has 3 aromatic carbocycles. The second-order valence-electron chi connectivity index (χ2n) is 6.07. The van der Waals surface area contributed by atoms with Crippen LogP contribution in [0.1, 0.15) is 6.92 Å². The summed E-state index contributed by atoms with van der Waals surface area (Å²) in [7, 11) is 0. The number of hydrogen-bond donors (Lipinski definition) is 3. The number of rotatable bonds is 7. The van der Waals surface area contributed by atoms with Crippen LogP contribution in [-0.4, -0.2) is 18.4 Å². The molecule has 0 aliphatic rings. The molecule has 6 nitrogen and oxygen atoms in total. The van der Waals surface area contributed by atoms with Crippen molar-refractivity contribution in [3.05, 3.63) is 78.9 Å². The molecule has 0 saturated heterocycles. The van der Waals surface area contributed by atoms with Gasteiger partial charge in [-0.15, -0.1) is 0 Å². The molecule has 0 fully saturated rings. The van der Waals surface area contributed by atoms with Gasteiger partial charge in [0.1, 0.15) is 5.75 Å². The van der Waals surface area contributed by atoms with Crippen molar-refractivity contribution in [2.75, 3.05) is 22.5 Å². The Hall–Kier alpha value is -3.80. The predicted molar refractivity (Wildman–Crippen MR) is 111 cm³/mol. The molecular weight excluding hydrogens is 354 g/mol. The zero-order valence-corrected chi connectivity index (χ0v) is 15.4. The second kappa shape index (κ2) is 9.23. The van der Waals surface area contributed by atoms with E-state index in [1.54, 1.807) is 30.3 Å². The standard InChI is InChI=1S/C22H21N3O3/c1-16(26)24-18-9-7-8-17(14-18)23-15-22(27)25-20-12-5-6-13-21(20)28-19-10-3-2-4-11-19/h2-14,23H,15H2,1H3,(H,24,26)(H,25,27). The quantitative estimate of drug-likeness (QED) is 0.569. The summed E-state index contributed by atoms with van der Waals surface area (Å²) < 4.78 is 5.85. The van der Waals surface area contributed by atoms with Crippen LogP contribution in [0.4, 0.5) is 17.1 Å². The first-order valence-electron chi connectivity index (χ1n) is 8.83. The van der Waals surface area contributed by atoms with Gasteiger partial charge in [-0.05, 0) is 42.5 Å². The van der Waals surface area contributed by atoms with Crippen LogP contribution in [0.25, 0.3) is 0 Å². The van der Waals surface area contributed by atoms with E-state index < -0.39 is 0 Å². The van der Waals surface area contributed by atoms with Crippen LogP contribution >= 0.6 is 0 Å². The summed E-state index contributed by atoms with van der Waals surface area (Å²) in [6, 6.07) is 23.8. The monoisotopic (exact) mass is 375 g/mol. The number of hydrogen-bond acceptors (Lipinski definition) is 4. The van der Waals surface area contributed by atoms with Crippen molar-refractivity contribution in [2.24, 2.45) is 0 Å². The van der Waals surface area contributed by atoms with Crippen LogP contribution in [-0.2, 0) is 9.59 Å². The Morgan fingerprint density at radius 1 is 0.821 bits per heavy atom. The summed E-state index contributed by atoms with van der Waals surface area (Å²) in [5.41, 5.74) is 1.99. The van der Waals surface area contributed by atoms with Crippen LogP contribution in [0.2, 0.25) is 0 Å². The molecule has 0 spiro atoms. The van der Waals surface area contributed by atoms with E-state index in [0.29, 0.717) is 22.9 Å². The average molecular weight is 375 g/mol. The number of para-hydroxylation sites is 3. The van der Waals surface area contributed by atoms with E-state index >= 15 is 0 Å².